The maximum absolute atomic E-state index is 11.9. The lowest BCUT2D eigenvalue weighted by molar-refractivity contribution is -0.139. The average Bonchev–Trinajstić information content (AvgIpc) is 3.67. The van der Waals surface area contributed by atoms with Gasteiger partial charge in [-0.1, -0.05) is 6.42 Å². The quantitative estimate of drug-likeness (QED) is 0.292. The highest BCUT2D eigenvalue weighted by Crippen LogP contribution is 2.24. The monoisotopic (exact) mass is 547 g/mol. The highest BCUT2D eigenvalue weighted by atomic mass is 16.3. The zero-order chi connectivity index (χ0) is 29.1. The molecule has 2 saturated heterocycles. The summed E-state index contributed by atoms with van der Waals surface area (Å²) in [7, 11) is 1.73. The summed E-state index contributed by atoms with van der Waals surface area (Å²) in [5.74, 6) is 0.787. The number of aromatic nitrogens is 2. The molecule has 2 aromatic heterocycles. The second-order valence-electron chi connectivity index (χ2n) is 9.65. The number of hydrogen-bond acceptors (Lipinski definition) is 6. The number of carbonyl (C=O) groups excluding carboxylic acids is 3. The predicted molar refractivity (Wildman–Crippen MR) is 154 cm³/mol. The van der Waals surface area contributed by atoms with Crippen LogP contribution in [0.15, 0.2) is 46.1 Å². The number of hydrogen-bond donors (Lipinski definition) is 2. The highest BCUT2D eigenvalue weighted by Gasteiger charge is 2.23. The first-order valence-corrected chi connectivity index (χ1v) is 13.3. The van der Waals surface area contributed by atoms with Crippen molar-refractivity contribution in [2.45, 2.75) is 45.4 Å². The molecule has 0 saturated carbocycles. The molecule has 1 aromatic carbocycles. The SMILES string of the molecule is C#C.Cc1cc2cc(N=C(N)NC(=O)c3cnn(C)c3)ccc2o1.O=C(CN1CCCCCC1=O)N1CCCC1. The van der Waals surface area contributed by atoms with E-state index >= 15 is 0 Å². The normalized spacial score (nSPS) is 15.5. The van der Waals surface area contributed by atoms with Crippen molar-refractivity contribution in [1.82, 2.24) is 24.9 Å². The van der Waals surface area contributed by atoms with Crippen LogP contribution in [0.5, 0.6) is 0 Å². The number of benzene rings is 1. The van der Waals surface area contributed by atoms with Crippen LogP contribution in [0.25, 0.3) is 11.0 Å². The first-order valence-electron chi connectivity index (χ1n) is 13.3. The molecule has 3 amide bonds. The first kappa shape index (κ1) is 30.0. The van der Waals surface area contributed by atoms with Gasteiger partial charge in [0, 0.05) is 44.7 Å². The van der Waals surface area contributed by atoms with Crippen molar-refractivity contribution in [1.29, 1.82) is 0 Å². The fraction of sp³-hybridized carbons (Fsp3) is 0.414. The molecule has 2 fully saturated rings. The smallest absolute Gasteiger partial charge is 0.261 e. The Balaban J connectivity index is 0.000000217. The van der Waals surface area contributed by atoms with Gasteiger partial charge in [-0.25, -0.2) is 4.99 Å². The third-order valence-electron chi connectivity index (χ3n) is 6.54. The summed E-state index contributed by atoms with van der Waals surface area (Å²) in [5, 5.41) is 7.39. The molecule has 5 rings (SSSR count). The van der Waals surface area contributed by atoms with Crippen molar-refractivity contribution in [3.05, 3.63) is 48.0 Å². The molecule has 11 heteroatoms. The standard InChI is InChI=1S/C15H15N5O2.C12H20N2O2.C2H2/c1-9-5-10-6-12(3-4-13(10)22-9)18-15(16)19-14(21)11-7-17-20(2)8-11;15-11-6-2-1-3-9-14(11)10-12(16)13-7-4-5-8-13;1-2/h3-8H,1-2H3,(H3,16,18,19,21);1-10H2;1-2H. The average molecular weight is 548 g/mol. The second kappa shape index (κ2) is 14.5. The summed E-state index contributed by atoms with van der Waals surface area (Å²) in [6.07, 6.45) is 17.0. The molecular formula is C29H37N7O4. The number of aliphatic imine (C=N–C) groups is 1. The number of rotatable bonds is 4. The van der Waals surface area contributed by atoms with Gasteiger partial charge in [0.25, 0.3) is 5.91 Å². The van der Waals surface area contributed by atoms with Crippen LogP contribution in [-0.4, -0.2) is 69.4 Å². The van der Waals surface area contributed by atoms with Crippen molar-refractivity contribution in [2.24, 2.45) is 17.8 Å². The maximum atomic E-state index is 11.9. The second-order valence-corrected chi connectivity index (χ2v) is 9.65. The molecule has 0 spiro atoms. The number of nitrogens with one attached hydrogen (secondary N) is 1. The number of terminal acetylenes is 1. The number of furan rings is 1. The first-order chi connectivity index (χ1) is 19.3. The Morgan fingerprint density at radius 2 is 1.82 bits per heavy atom. The van der Waals surface area contributed by atoms with E-state index in [-0.39, 0.29) is 23.7 Å². The Hall–Kier alpha value is -4.59. The summed E-state index contributed by atoms with van der Waals surface area (Å²) < 4.78 is 7.03. The number of fused-ring (bicyclic) bond motifs is 1. The Bertz CT molecular complexity index is 1360. The molecular weight excluding hydrogens is 510 g/mol. The van der Waals surface area contributed by atoms with Gasteiger partial charge < -0.3 is 20.0 Å². The Morgan fingerprint density at radius 1 is 1.10 bits per heavy atom. The molecule has 0 radical (unpaired) electrons. The van der Waals surface area contributed by atoms with Gasteiger partial charge in [-0.15, -0.1) is 12.8 Å². The van der Waals surface area contributed by atoms with Crippen LogP contribution >= 0.6 is 0 Å². The number of guanidine groups is 1. The van der Waals surface area contributed by atoms with Crippen LogP contribution in [0.2, 0.25) is 0 Å². The Kier molecular flexibility index (Phi) is 10.9. The van der Waals surface area contributed by atoms with E-state index in [0.29, 0.717) is 24.2 Å². The third-order valence-corrected chi connectivity index (χ3v) is 6.54. The number of nitrogens with two attached hydrogens (primary N) is 1. The maximum Gasteiger partial charge on any atom is 0.261 e. The van der Waals surface area contributed by atoms with Gasteiger partial charge in [-0.2, -0.15) is 5.10 Å². The lowest BCUT2D eigenvalue weighted by atomic mass is 10.2. The van der Waals surface area contributed by atoms with E-state index in [4.69, 9.17) is 10.2 Å². The van der Waals surface area contributed by atoms with Gasteiger partial charge in [0.2, 0.25) is 17.8 Å². The summed E-state index contributed by atoms with van der Waals surface area (Å²) in [6.45, 7) is 4.70. The molecule has 0 atom stereocenters. The van der Waals surface area contributed by atoms with Crippen molar-refractivity contribution in [3.8, 4) is 12.8 Å². The van der Waals surface area contributed by atoms with E-state index in [1.807, 2.05) is 30.0 Å². The Labute approximate surface area is 234 Å². The highest BCUT2D eigenvalue weighted by molar-refractivity contribution is 6.05. The minimum Gasteiger partial charge on any atom is -0.461 e. The summed E-state index contributed by atoms with van der Waals surface area (Å²) in [5.41, 5.74) is 7.61. The summed E-state index contributed by atoms with van der Waals surface area (Å²) in [4.78, 5) is 43.4. The van der Waals surface area contributed by atoms with Crippen LogP contribution in [0.4, 0.5) is 5.69 Å². The van der Waals surface area contributed by atoms with E-state index in [2.05, 4.69) is 28.3 Å². The van der Waals surface area contributed by atoms with E-state index in [9.17, 15) is 14.4 Å². The van der Waals surface area contributed by atoms with Crippen molar-refractivity contribution in [3.63, 3.8) is 0 Å². The largest absolute Gasteiger partial charge is 0.461 e. The van der Waals surface area contributed by atoms with Crippen LogP contribution < -0.4 is 11.1 Å². The number of amides is 3. The fourth-order valence-electron chi connectivity index (χ4n) is 4.56. The number of carbonyl (C=O) groups is 3. The predicted octanol–water partition coefficient (Wildman–Crippen LogP) is 3.11. The van der Waals surface area contributed by atoms with Crippen LogP contribution in [0.1, 0.15) is 54.6 Å². The van der Waals surface area contributed by atoms with Crippen molar-refractivity contribution >= 4 is 40.3 Å². The fourth-order valence-corrected chi connectivity index (χ4v) is 4.56. The minimum absolute atomic E-state index is 0.0217. The van der Waals surface area contributed by atoms with Gasteiger partial charge >= 0.3 is 0 Å². The minimum atomic E-state index is -0.352. The third kappa shape index (κ3) is 8.46. The topological polar surface area (TPSA) is 139 Å². The van der Waals surface area contributed by atoms with Gasteiger partial charge in [-0.05, 0) is 56.9 Å². The lowest BCUT2D eigenvalue weighted by Crippen LogP contribution is -2.41. The van der Waals surface area contributed by atoms with Crippen LogP contribution in [-0.2, 0) is 16.6 Å². The van der Waals surface area contributed by atoms with Gasteiger partial charge in [0.1, 0.15) is 11.3 Å². The van der Waals surface area contributed by atoms with Gasteiger partial charge in [0.05, 0.1) is 24.0 Å². The molecule has 40 heavy (non-hydrogen) atoms. The van der Waals surface area contributed by atoms with E-state index in [0.717, 1.165) is 68.5 Å². The molecule has 0 aliphatic carbocycles. The van der Waals surface area contributed by atoms with Crippen LogP contribution in [0.3, 0.4) is 0 Å². The summed E-state index contributed by atoms with van der Waals surface area (Å²) >= 11 is 0. The van der Waals surface area contributed by atoms with Gasteiger partial charge in [-0.3, -0.25) is 24.4 Å². The van der Waals surface area contributed by atoms with E-state index < -0.39 is 0 Å². The van der Waals surface area contributed by atoms with E-state index in [1.54, 1.807) is 24.2 Å². The number of nitrogens with zero attached hydrogens (tertiary/aromatic N) is 5. The molecule has 4 heterocycles. The lowest BCUT2D eigenvalue weighted by Gasteiger charge is -2.23. The molecule has 212 valence electrons. The summed E-state index contributed by atoms with van der Waals surface area (Å²) in [6, 6.07) is 7.35. The van der Waals surface area contributed by atoms with Crippen molar-refractivity contribution < 1.29 is 18.8 Å². The van der Waals surface area contributed by atoms with Crippen molar-refractivity contribution in [2.75, 3.05) is 26.2 Å². The van der Waals surface area contributed by atoms with Gasteiger partial charge in [0.15, 0.2) is 0 Å². The number of likely N-dealkylation sites (tertiary alicyclic amines) is 2. The molecule has 11 nitrogen and oxygen atoms in total. The van der Waals surface area contributed by atoms with E-state index in [1.165, 1.54) is 10.9 Å². The molecule has 0 bridgehead atoms. The zero-order valence-electron chi connectivity index (χ0n) is 23.1. The number of aryl methyl sites for hydroxylation is 2. The van der Waals surface area contributed by atoms with Crippen LogP contribution in [0, 0.1) is 19.8 Å². The zero-order valence-corrected chi connectivity index (χ0v) is 23.1. The molecule has 3 N–H and O–H groups in total. The molecule has 0 unspecified atom stereocenters. The molecule has 2 aliphatic rings. The Morgan fingerprint density at radius 3 is 2.52 bits per heavy atom. The molecule has 2 aliphatic heterocycles. The molecule has 3 aromatic rings.